The van der Waals surface area contributed by atoms with E-state index in [1.165, 1.54) is 0 Å². The molecule has 0 spiro atoms. The number of esters is 1. The maximum atomic E-state index is 12.4. The van der Waals surface area contributed by atoms with Gasteiger partial charge in [-0.1, -0.05) is 12.1 Å². The van der Waals surface area contributed by atoms with Crippen LogP contribution in [-0.4, -0.2) is 54.9 Å². The molecule has 29 heavy (non-hydrogen) atoms. The Kier molecular flexibility index (Phi) is 7.90. The summed E-state index contributed by atoms with van der Waals surface area (Å²) in [5.41, 5.74) is 0.164. The lowest BCUT2D eigenvalue weighted by molar-refractivity contribution is -0.145. The zero-order valence-corrected chi connectivity index (χ0v) is 18.2. The molecule has 0 aromatic heterocycles. The van der Waals surface area contributed by atoms with Crippen LogP contribution < -0.4 is 10.1 Å². The molecular weight excluding hydrogens is 372 g/mol. The summed E-state index contributed by atoms with van der Waals surface area (Å²) in [7, 11) is 1.64. The van der Waals surface area contributed by atoms with E-state index in [1.807, 2.05) is 45.0 Å². The lowest BCUT2D eigenvalue weighted by atomic mass is 9.84. The summed E-state index contributed by atoms with van der Waals surface area (Å²) in [6, 6.07) is 7.83. The number of carbonyl (C=O) groups is 2. The lowest BCUT2D eigenvalue weighted by Gasteiger charge is -2.42. The van der Waals surface area contributed by atoms with E-state index in [9.17, 15) is 9.59 Å². The number of nitrogens with zero attached hydrogens (tertiary/aromatic N) is 1. The first-order chi connectivity index (χ1) is 13.7. The van der Waals surface area contributed by atoms with Gasteiger partial charge in [0.2, 0.25) is 0 Å². The van der Waals surface area contributed by atoms with Crippen LogP contribution in [0.5, 0.6) is 5.75 Å². The summed E-state index contributed by atoms with van der Waals surface area (Å²) in [6.45, 7) is 9.42. The molecule has 0 unspecified atom stereocenters. The Morgan fingerprint density at radius 3 is 2.28 bits per heavy atom. The highest BCUT2D eigenvalue weighted by atomic mass is 16.6. The first kappa shape index (κ1) is 23.0. The normalized spacial score (nSPS) is 16.2. The van der Waals surface area contributed by atoms with Crippen molar-refractivity contribution < 1.29 is 23.8 Å². The summed E-state index contributed by atoms with van der Waals surface area (Å²) in [4.78, 5) is 26.3. The molecule has 0 bridgehead atoms. The number of hydrogen-bond donors (Lipinski definition) is 1. The predicted octanol–water partition coefficient (Wildman–Crippen LogP) is 3.51. The lowest BCUT2D eigenvalue weighted by Crippen LogP contribution is -2.55. The Morgan fingerprint density at radius 1 is 1.14 bits per heavy atom. The number of benzene rings is 1. The quantitative estimate of drug-likeness (QED) is 0.699. The number of rotatable bonds is 7. The summed E-state index contributed by atoms with van der Waals surface area (Å²) < 4.78 is 15.9. The molecule has 1 N–H and O–H groups in total. The SMILES string of the molecule is CCOC(=O)CC1(NCc2ccc(OC)cc2)CCN(C(=O)OC(C)(C)C)CC1. The van der Waals surface area contributed by atoms with Gasteiger partial charge >= 0.3 is 12.1 Å². The molecule has 1 fully saturated rings. The van der Waals surface area contributed by atoms with Crippen LogP contribution in [0.2, 0.25) is 0 Å². The highest BCUT2D eigenvalue weighted by Gasteiger charge is 2.38. The molecule has 0 radical (unpaired) electrons. The number of hydrogen-bond acceptors (Lipinski definition) is 6. The molecule has 2 rings (SSSR count). The van der Waals surface area contributed by atoms with Gasteiger partial charge in [-0.05, 0) is 58.2 Å². The number of amides is 1. The molecule has 7 heteroatoms. The van der Waals surface area contributed by atoms with Crippen molar-refractivity contribution in [3.05, 3.63) is 29.8 Å². The van der Waals surface area contributed by atoms with Crippen LogP contribution >= 0.6 is 0 Å². The first-order valence-corrected chi connectivity index (χ1v) is 10.2. The summed E-state index contributed by atoms with van der Waals surface area (Å²) >= 11 is 0. The van der Waals surface area contributed by atoms with E-state index in [-0.39, 0.29) is 18.5 Å². The summed E-state index contributed by atoms with van der Waals surface area (Å²) in [5.74, 6) is 0.584. The van der Waals surface area contributed by atoms with Crippen molar-refractivity contribution in [3.8, 4) is 5.75 Å². The average Bonchev–Trinajstić information content (AvgIpc) is 2.66. The van der Waals surface area contributed by atoms with Gasteiger partial charge in [0.15, 0.2) is 0 Å². The van der Waals surface area contributed by atoms with Crippen molar-refractivity contribution in [1.29, 1.82) is 0 Å². The van der Waals surface area contributed by atoms with E-state index in [2.05, 4.69) is 5.32 Å². The topological polar surface area (TPSA) is 77.1 Å². The van der Waals surface area contributed by atoms with Gasteiger partial charge in [-0.15, -0.1) is 0 Å². The molecule has 1 aromatic rings. The second kappa shape index (κ2) is 9.96. The minimum absolute atomic E-state index is 0.222. The van der Waals surface area contributed by atoms with Crippen LogP contribution in [0.1, 0.15) is 52.5 Å². The minimum Gasteiger partial charge on any atom is -0.497 e. The zero-order valence-electron chi connectivity index (χ0n) is 18.2. The molecule has 1 heterocycles. The Morgan fingerprint density at radius 2 is 1.76 bits per heavy atom. The second-order valence-electron chi connectivity index (χ2n) is 8.43. The minimum atomic E-state index is -0.525. The van der Waals surface area contributed by atoms with Crippen LogP contribution in [0, 0.1) is 0 Å². The fourth-order valence-electron chi connectivity index (χ4n) is 3.38. The highest BCUT2D eigenvalue weighted by molar-refractivity contribution is 5.71. The highest BCUT2D eigenvalue weighted by Crippen LogP contribution is 2.28. The molecule has 1 aliphatic rings. The van der Waals surface area contributed by atoms with Crippen LogP contribution in [-0.2, 0) is 20.8 Å². The van der Waals surface area contributed by atoms with E-state index in [1.54, 1.807) is 18.9 Å². The van der Waals surface area contributed by atoms with Gasteiger partial charge in [-0.3, -0.25) is 4.79 Å². The smallest absolute Gasteiger partial charge is 0.410 e. The number of carbonyl (C=O) groups excluding carboxylic acids is 2. The summed E-state index contributed by atoms with van der Waals surface area (Å²) in [6.07, 6.45) is 1.28. The van der Waals surface area contributed by atoms with Gasteiger partial charge < -0.3 is 24.4 Å². The van der Waals surface area contributed by atoms with Crippen LogP contribution in [0.4, 0.5) is 4.79 Å². The number of nitrogens with one attached hydrogen (secondary N) is 1. The molecule has 1 aromatic carbocycles. The number of ether oxygens (including phenoxy) is 3. The monoisotopic (exact) mass is 406 g/mol. The van der Waals surface area contributed by atoms with E-state index in [0.717, 1.165) is 11.3 Å². The Balaban J connectivity index is 2.03. The molecule has 1 amide bonds. The average molecular weight is 407 g/mol. The molecule has 0 saturated carbocycles. The van der Waals surface area contributed by atoms with Crippen molar-refractivity contribution in [2.45, 2.75) is 64.6 Å². The third-order valence-electron chi connectivity index (χ3n) is 4.99. The van der Waals surface area contributed by atoms with Crippen LogP contribution in [0.25, 0.3) is 0 Å². The summed E-state index contributed by atoms with van der Waals surface area (Å²) in [5, 5.41) is 3.57. The van der Waals surface area contributed by atoms with Gasteiger partial charge in [0.25, 0.3) is 0 Å². The third kappa shape index (κ3) is 7.24. The van der Waals surface area contributed by atoms with Crippen molar-refractivity contribution >= 4 is 12.1 Å². The fraction of sp³-hybridized carbons (Fsp3) is 0.636. The van der Waals surface area contributed by atoms with Crippen LogP contribution in [0.15, 0.2) is 24.3 Å². The molecule has 7 nitrogen and oxygen atoms in total. The maximum Gasteiger partial charge on any atom is 0.410 e. The fourth-order valence-corrected chi connectivity index (χ4v) is 3.38. The molecule has 1 aliphatic heterocycles. The van der Waals surface area contributed by atoms with Crippen molar-refractivity contribution in [3.63, 3.8) is 0 Å². The Hall–Kier alpha value is -2.28. The molecule has 0 atom stereocenters. The zero-order chi connectivity index (χ0) is 21.5. The predicted molar refractivity (Wildman–Crippen MR) is 111 cm³/mol. The van der Waals surface area contributed by atoms with Crippen molar-refractivity contribution in [2.24, 2.45) is 0 Å². The van der Waals surface area contributed by atoms with Gasteiger partial charge in [0.05, 0.1) is 20.1 Å². The molecule has 1 saturated heterocycles. The number of likely N-dealkylation sites (tertiary alicyclic amines) is 1. The first-order valence-electron chi connectivity index (χ1n) is 10.2. The number of methoxy groups -OCH3 is 1. The van der Waals surface area contributed by atoms with Crippen molar-refractivity contribution in [1.82, 2.24) is 10.2 Å². The largest absolute Gasteiger partial charge is 0.497 e. The van der Waals surface area contributed by atoms with Gasteiger partial charge in [0.1, 0.15) is 11.4 Å². The van der Waals surface area contributed by atoms with E-state index in [0.29, 0.717) is 39.1 Å². The molecular formula is C22H34N2O5. The van der Waals surface area contributed by atoms with E-state index in [4.69, 9.17) is 14.2 Å². The van der Waals surface area contributed by atoms with Gasteiger partial charge in [-0.25, -0.2) is 4.79 Å². The Bertz CT molecular complexity index is 673. The second-order valence-corrected chi connectivity index (χ2v) is 8.43. The molecule has 0 aliphatic carbocycles. The Labute approximate surface area is 173 Å². The number of piperidine rings is 1. The standard InChI is InChI=1S/C22H34N2O5/c1-6-28-19(25)15-22(23-16-17-7-9-18(27-5)10-8-17)11-13-24(14-12-22)20(26)29-21(2,3)4/h7-10,23H,6,11-16H2,1-5H3. The molecule has 162 valence electrons. The maximum absolute atomic E-state index is 12.4. The van der Waals surface area contributed by atoms with Crippen LogP contribution in [0.3, 0.4) is 0 Å². The van der Waals surface area contributed by atoms with E-state index < -0.39 is 11.1 Å². The van der Waals surface area contributed by atoms with E-state index >= 15 is 0 Å². The third-order valence-corrected chi connectivity index (χ3v) is 4.99. The van der Waals surface area contributed by atoms with Gasteiger partial charge in [0, 0.05) is 25.2 Å². The van der Waals surface area contributed by atoms with Crippen molar-refractivity contribution in [2.75, 3.05) is 26.8 Å². The van der Waals surface area contributed by atoms with Gasteiger partial charge in [-0.2, -0.15) is 0 Å².